The number of amides is 1. The zero-order valence-electron chi connectivity index (χ0n) is 11.8. The van der Waals surface area contributed by atoms with Crippen LogP contribution in [-0.4, -0.2) is 17.8 Å². The molecule has 1 fully saturated rings. The van der Waals surface area contributed by atoms with Gasteiger partial charge in [-0.15, -0.1) is 0 Å². The molecular formula is C16H21BrINO. The van der Waals surface area contributed by atoms with E-state index in [0.717, 1.165) is 26.6 Å². The van der Waals surface area contributed by atoms with E-state index < -0.39 is 0 Å². The van der Waals surface area contributed by atoms with Crippen LogP contribution in [-0.2, 0) is 0 Å². The Kier molecular flexibility index (Phi) is 5.90. The first-order valence-electron chi connectivity index (χ1n) is 7.17. The van der Waals surface area contributed by atoms with Crippen LogP contribution in [0.2, 0.25) is 0 Å². The highest BCUT2D eigenvalue weighted by molar-refractivity contribution is 14.1. The van der Waals surface area contributed by atoms with E-state index >= 15 is 0 Å². The fourth-order valence-electron chi connectivity index (χ4n) is 2.85. The van der Waals surface area contributed by atoms with Gasteiger partial charge in [-0.2, -0.15) is 0 Å². The normalized spacial score (nSPS) is 17.8. The first kappa shape index (κ1) is 16.3. The van der Waals surface area contributed by atoms with Gasteiger partial charge in [0.05, 0.1) is 5.56 Å². The molecule has 4 heteroatoms. The Morgan fingerprint density at radius 3 is 2.70 bits per heavy atom. The van der Waals surface area contributed by atoms with Gasteiger partial charge in [0.15, 0.2) is 0 Å². The Labute approximate surface area is 143 Å². The van der Waals surface area contributed by atoms with Crippen molar-refractivity contribution in [2.24, 2.45) is 5.41 Å². The van der Waals surface area contributed by atoms with Gasteiger partial charge in [0.2, 0.25) is 0 Å². The Balaban J connectivity index is 2.02. The van der Waals surface area contributed by atoms with Crippen LogP contribution < -0.4 is 5.32 Å². The van der Waals surface area contributed by atoms with Crippen LogP contribution in [0.5, 0.6) is 0 Å². The summed E-state index contributed by atoms with van der Waals surface area (Å²) in [6, 6.07) is 5.90. The van der Waals surface area contributed by atoms with Gasteiger partial charge in [-0.25, -0.2) is 0 Å². The van der Waals surface area contributed by atoms with Crippen molar-refractivity contribution in [2.75, 3.05) is 11.9 Å². The van der Waals surface area contributed by atoms with Gasteiger partial charge >= 0.3 is 0 Å². The maximum Gasteiger partial charge on any atom is 0.252 e. The van der Waals surface area contributed by atoms with E-state index in [2.05, 4.69) is 43.8 Å². The van der Waals surface area contributed by atoms with Crippen molar-refractivity contribution in [3.63, 3.8) is 0 Å². The number of halogens is 2. The zero-order chi connectivity index (χ0) is 14.6. The van der Waals surface area contributed by atoms with Crippen molar-refractivity contribution in [3.05, 3.63) is 32.9 Å². The van der Waals surface area contributed by atoms with Crippen LogP contribution in [0.15, 0.2) is 18.2 Å². The number of alkyl halides is 1. The largest absolute Gasteiger partial charge is 0.351 e. The van der Waals surface area contributed by atoms with Gasteiger partial charge in [0.25, 0.3) is 5.91 Å². The second-order valence-corrected chi connectivity index (χ2v) is 7.45. The number of hydrogen-bond donors (Lipinski definition) is 1. The lowest BCUT2D eigenvalue weighted by Gasteiger charge is -2.35. The molecule has 1 aromatic carbocycles. The molecule has 1 saturated carbocycles. The summed E-state index contributed by atoms with van der Waals surface area (Å²) < 4.78 is 1.05. The van der Waals surface area contributed by atoms with Crippen LogP contribution in [0, 0.1) is 15.9 Å². The Bertz CT molecular complexity index is 483. The van der Waals surface area contributed by atoms with Crippen molar-refractivity contribution < 1.29 is 4.79 Å². The molecule has 20 heavy (non-hydrogen) atoms. The van der Waals surface area contributed by atoms with Crippen molar-refractivity contribution in [1.29, 1.82) is 0 Å². The van der Waals surface area contributed by atoms with E-state index in [4.69, 9.17) is 0 Å². The van der Waals surface area contributed by atoms with Crippen molar-refractivity contribution in [2.45, 2.75) is 39.0 Å². The van der Waals surface area contributed by atoms with Gasteiger partial charge in [0, 0.05) is 15.4 Å². The molecule has 1 aliphatic rings. The predicted octanol–water partition coefficient (Wildman–Crippen LogP) is 4.67. The SMILES string of the molecule is Cc1cccc(C(=O)NCC2(CBr)CCCCC2)c1I. The van der Waals surface area contributed by atoms with Gasteiger partial charge in [-0.1, -0.05) is 47.3 Å². The van der Waals surface area contributed by atoms with Crippen LogP contribution in [0.25, 0.3) is 0 Å². The topological polar surface area (TPSA) is 29.1 Å². The highest BCUT2D eigenvalue weighted by atomic mass is 127. The molecule has 0 atom stereocenters. The lowest BCUT2D eigenvalue weighted by atomic mass is 9.75. The lowest BCUT2D eigenvalue weighted by Crippen LogP contribution is -2.40. The number of hydrogen-bond acceptors (Lipinski definition) is 1. The van der Waals surface area contributed by atoms with Crippen LogP contribution in [0.1, 0.15) is 48.0 Å². The Morgan fingerprint density at radius 2 is 2.05 bits per heavy atom. The summed E-state index contributed by atoms with van der Waals surface area (Å²) in [7, 11) is 0. The number of nitrogens with one attached hydrogen (secondary N) is 1. The molecule has 0 radical (unpaired) electrons. The zero-order valence-corrected chi connectivity index (χ0v) is 15.6. The number of aryl methyl sites for hydroxylation is 1. The number of benzene rings is 1. The summed E-state index contributed by atoms with van der Waals surface area (Å²) in [5.41, 5.74) is 2.21. The van der Waals surface area contributed by atoms with E-state index in [-0.39, 0.29) is 11.3 Å². The van der Waals surface area contributed by atoms with E-state index in [9.17, 15) is 4.79 Å². The highest BCUT2D eigenvalue weighted by Crippen LogP contribution is 2.37. The quantitative estimate of drug-likeness (QED) is 0.525. The molecule has 110 valence electrons. The van der Waals surface area contributed by atoms with Gasteiger partial charge < -0.3 is 5.32 Å². The molecule has 0 bridgehead atoms. The molecule has 0 spiro atoms. The number of carbonyl (C=O) groups excluding carboxylic acids is 1. The van der Waals surface area contributed by atoms with Crippen LogP contribution in [0.3, 0.4) is 0 Å². The van der Waals surface area contributed by atoms with Gasteiger partial charge in [-0.05, 0) is 59.4 Å². The van der Waals surface area contributed by atoms with Gasteiger partial charge in [-0.3, -0.25) is 4.79 Å². The van der Waals surface area contributed by atoms with Crippen molar-refractivity contribution in [3.8, 4) is 0 Å². The fraction of sp³-hybridized carbons (Fsp3) is 0.562. The maximum atomic E-state index is 12.4. The van der Waals surface area contributed by atoms with Crippen LogP contribution >= 0.6 is 38.5 Å². The molecule has 0 aromatic heterocycles. The lowest BCUT2D eigenvalue weighted by molar-refractivity contribution is 0.0921. The summed E-state index contributed by atoms with van der Waals surface area (Å²) in [5.74, 6) is 0.0593. The first-order valence-corrected chi connectivity index (χ1v) is 9.37. The second-order valence-electron chi connectivity index (χ2n) is 5.81. The number of carbonyl (C=O) groups is 1. The van der Waals surface area contributed by atoms with Crippen molar-refractivity contribution >= 4 is 44.4 Å². The average Bonchev–Trinajstić information content (AvgIpc) is 2.48. The minimum atomic E-state index is 0.0593. The molecule has 1 N–H and O–H groups in total. The van der Waals surface area contributed by atoms with E-state index in [1.54, 1.807) is 0 Å². The molecule has 0 heterocycles. The fourth-order valence-corrected chi connectivity index (χ4v) is 4.21. The minimum Gasteiger partial charge on any atom is -0.351 e. The average molecular weight is 450 g/mol. The molecule has 0 aliphatic heterocycles. The predicted molar refractivity (Wildman–Crippen MR) is 95.5 cm³/mol. The third-order valence-electron chi connectivity index (χ3n) is 4.26. The smallest absolute Gasteiger partial charge is 0.252 e. The van der Waals surface area contributed by atoms with Crippen LogP contribution in [0.4, 0.5) is 0 Å². The molecule has 0 unspecified atom stereocenters. The summed E-state index contributed by atoms with van der Waals surface area (Å²) in [6.45, 7) is 2.82. The first-order chi connectivity index (χ1) is 9.58. The molecule has 0 saturated heterocycles. The standard InChI is InChI=1S/C16H21BrINO/c1-12-6-5-7-13(14(12)18)15(20)19-11-16(10-17)8-3-2-4-9-16/h5-7H,2-4,8-11H2,1H3,(H,19,20). The van der Waals surface area contributed by atoms with E-state index in [1.807, 2.05) is 25.1 Å². The minimum absolute atomic E-state index is 0.0593. The highest BCUT2D eigenvalue weighted by Gasteiger charge is 2.31. The third-order valence-corrected chi connectivity index (χ3v) is 6.88. The Morgan fingerprint density at radius 1 is 1.35 bits per heavy atom. The molecule has 2 nitrogen and oxygen atoms in total. The number of rotatable bonds is 4. The molecule has 2 rings (SSSR count). The second kappa shape index (κ2) is 7.25. The van der Waals surface area contributed by atoms with Gasteiger partial charge in [0.1, 0.15) is 0 Å². The summed E-state index contributed by atoms with van der Waals surface area (Å²) in [5, 5.41) is 4.13. The molecule has 1 aromatic rings. The molecular weight excluding hydrogens is 429 g/mol. The molecule has 1 amide bonds. The summed E-state index contributed by atoms with van der Waals surface area (Å²) in [6.07, 6.45) is 6.32. The van der Waals surface area contributed by atoms with Crippen molar-refractivity contribution in [1.82, 2.24) is 5.32 Å². The van der Waals surface area contributed by atoms with E-state index in [1.165, 1.54) is 32.1 Å². The summed E-state index contributed by atoms with van der Waals surface area (Å²) >= 11 is 5.90. The monoisotopic (exact) mass is 449 g/mol. The maximum absolute atomic E-state index is 12.4. The molecule has 1 aliphatic carbocycles. The Hall–Kier alpha value is -0.100. The third kappa shape index (κ3) is 3.75. The van der Waals surface area contributed by atoms with E-state index in [0.29, 0.717) is 0 Å². The summed E-state index contributed by atoms with van der Waals surface area (Å²) in [4.78, 5) is 12.4.